The van der Waals surface area contributed by atoms with E-state index in [2.05, 4.69) is 10.5 Å². The lowest BCUT2D eigenvalue weighted by Gasteiger charge is -2.34. The zero-order chi connectivity index (χ0) is 23.6. The second-order valence-electron chi connectivity index (χ2n) is 9.60. The number of rotatable bonds is 7. The SMILES string of the molecule is COc1cccc(-c2nc(C3CCCN(C(=O)CC(C)(C)CC(=O)O)C3)n3ccccc23)c1. The van der Waals surface area contributed by atoms with E-state index in [1.54, 1.807) is 7.11 Å². The van der Waals surface area contributed by atoms with E-state index in [0.29, 0.717) is 13.1 Å². The van der Waals surface area contributed by atoms with Crippen molar-refractivity contribution >= 4 is 17.4 Å². The molecule has 1 N–H and O–H groups in total. The van der Waals surface area contributed by atoms with Gasteiger partial charge in [0.1, 0.15) is 11.6 Å². The van der Waals surface area contributed by atoms with Crippen molar-refractivity contribution in [1.82, 2.24) is 14.3 Å². The number of pyridine rings is 1. The number of amides is 1. The number of likely N-dealkylation sites (tertiary alicyclic amines) is 1. The van der Waals surface area contributed by atoms with Gasteiger partial charge in [-0.1, -0.05) is 32.0 Å². The lowest BCUT2D eigenvalue weighted by molar-refractivity contribution is -0.141. The Morgan fingerprint density at radius 1 is 1.18 bits per heavy atom. The summed E-state index contributed by atoms with van der Waals surface area (Å²) < 4.78 is 7.53. The molecule has 174 valence electrons. The standard InChI is InChI=1S/C26H31N3O4/c1-26(2,16-23(31)32)15-22(30)28-12-7-9-19(17-28)25-27-24(21-11-4-5-13-29(21)25)18-8-6-10-20(14-18)33-3/h4-6,8,10-11,13-14,19H,7,9,12,15-17H2,1-3H3,(H,31,32). The Bertz CT molecular complexity index is 1170. The minimum atomic E-state index is -0.877. The highest BCUT2D eigenvalue weighted by Gasteiger charge is 2.32. The molecule has 3 aromatic rings. The summed E-state index contributed by atoms with van der Waals surface area (Å²) >= 11 is 0. The molecule has 1 amide bonds. The number of aliphatic carboxylic acids is 1. The molecule has 0 saturated carbocycles. The second-order valence-corrected chi connectivity index (χ2v) is 9.60. The van der Waals surface area contributed by atoms with Crippen LogP contribution in [0, 0.1) is 5.41 Å². The molecule has 7 heteroatoms. The maximum Gasteiger partial charge on any atom is 0.303 e. The highest BCUT2D eigenvalue weighted by molar-refractivity contribution is 5.79. The van der Waals surface area contributed by atoms with Crippen molar-refractivity contribution < 1.29 is 19.4 Å². The third-order valence-corrected chi connectivity index (χ3v) is 6.32. The Labute approximate surface area is 194 Å². The van der Waals surface area contributed by atoms with Gasteiger partial charge in [0, 0.05) is 37.2 Å². The van der Waals surface area contributed by atoms with Crippen LogP contribution in [0.2, 0.25) is 0 Å². The van der Waals surface area contributed by atoms with E-state index in [4.69, 9.17) is 14.8 Å². The molecule has 1 aliphatic rings. The number of hydrogen-bond acceptors (Lipinski definition) is 4. The van der Waals surface area contributed by atoms with Crippen molar-refractivity contribution in [1.29, 1.82) is 0 Å². The van der Waals surface area contributed by atoms with Gasteiger partial charge in [-0.05, 0) is 42.5 Å². The fourth-order valence-corrected chi connectivity index (χ4v) is 4.74. The van der Waals surface area contributed by atoms with Crippen molar-refractivity contribution in [2.45, 2.75) is 45.4 Å². The highest BCUT2D eigenvalue weighted by Crippen LogP contribution is 2.34. The van der Waals surface area contributed by atoms with Crippen LogP contribution < -0.4 is 4.74 Å². The summed E-state index contributed by atoms with van der Waals surface area (Å²) in [6.45, 7) is 4.96. The topological polar surface area (TPSA) is 84.1 Å². The summed E-state index contributed by atoms with van der Waals surface area (Å²) in [7, 11) is 1.65. The molecular weight excluding hydrogens is 418 g/mol. The molecule has 33 heavy (non-hydrogen) atoms. The van der Waals surface area contributed by atoms with E-state index in [0.717, 1.165) is 41.2 Å². The lowest BCUT2D eigenvalue weighted by Crippen LogP contribution is -2.41. The van der Waals surface area contributed by atoms with Gasteiger partial charge in [-0.15, -0.1) is 0 Å². The first-order valence-electron chi connectivity index (χ1n) is 11.4. The molecule has 1 fully saturated rings. The van der Waals surface area contributed by atoms with Crippen LogP contribution in [0.25, 0.3) is 16.8 Å². The minimum absolute atomic E-state index is 0.0137. The van der Waals surface area contributed by atoms with Crippen molar-refractivity contribution in [3.8, 4) is 17.0 Å². The van der Waals surface area contributed by atoms with Gasteiger partial charge in [-0.2, -0.15) is 0 Å². The zero-order valence-electron chi connectivity index (χ0n) is 19.5. The number of carbonyl (C=O) groups excluding carboxylic acids is 1. The maximum atomic E-state index is 13.0. The molecule has 4 rings (SSSR count). The Morgan fingerprint density at radius 3 is 2.76 bits per heavy atom. The van der Waals surface area contributed by atoms with Crippen LogP contribution in [0.4, 0.5) is 0 Å². The fourth-order valence-electron chi connectivity index (χ4n) is 4.74. The first-order chi connectivity index (χ1) is 15.8. The first kappa shape index (κ1) is 22.8. The molecule has 0 bridgehead atoms. The molecule has 1 unspecified atom stereocenters. The maximum absolute atomic E-state index is 13.0. The Hall–Kier alpha value is -3.35. The first-order valence-corrected chi connectivity index (χ1v) is 11.4. The van der Waals surface area contributed by atoms with Gasteiger partial charge < -0.3 is 19.1 Å². The quantitative estimate of drug-likeness (QED) is 0.570. The number of ether oxygens (including phenoxy) is 1. The Morgan fingerprint density at radius 2 is 2.00 bits per heavy atom. The molecule has 1 saturated heterocycles. The largest absolute Gasteiger partial charge is 0.497 e. The molecular formula is C26H31N3O4. The number of carboxylic acids is 1. The monoisotopic (exact) mass is 449 g/mol. The fraction of sp³-hybridized carbons (Fsp3) is 0.423. The lowest BCUT2D eigenvalue weighted by atomic mass is 9.84. The van der Waals surface area contributed by atoms with Crippen LogP contribution in [0.5, 0.6) is 5.75 Å². The predicted octanol–water partition coefficient (Wildman–Crippen LogP) is 4.61. The summed E-state index contributed by atoms with van der Waals surface area (Å²) in [5, 5.41) is 9.15. The number of benzene rings is 1. The summed E-state index contributed by atoms with van der Waals surface area (Å²) in [6, 6.07) is 14.0. The molecule has 0 aliphatic carbocycles. The van der Waals surface area contributed by atoms with Crippen LogP contribution >= 0.6 is 0 Å². The van der Waals surface area contributed by atoms with Crippen molar-refractivity contribution in [2.75, 3.05) is 20.2 Å². The smallest absolute Gasteiger partial charge is 0.303 e. The van der Waals surface area contributed by atoms with E-state index < -0.39 is 11.4 Å². The molecule has 1 atom stereocenters. The average molecular weight is 450 g/mol. The van der Waals surface area contributed by atoms with Crippen molar-refractivity contribution in [2.24, 2.45) is 5.41 Å². The van der Waals surface area contributed by atoms with Crippen LogP contribution in [-0.4, -0.2) is 51.5 Å². The molecule has 1 aliphatic heterocycles. The van der Waals surface area contributed by atoms with Crippen molar-refractivity contribution in [3.05, 3.63) is 54.5 Å². The molecule has 1 aromatic carbocycles. The number of nitrogens with zero attached hydrogens (tertiary/aromatic N) is 3. The third-order valence-electron chi connectivity index (χ3n) is 6.32. The van der Waals surface area contributed by atoms with Crippen LogP contribution in [0.1, 0.15) is 51.3 Å². The molecule has 0 spiro atoms. The van der Waals surface area contributed by atoms with Crippen LogP contribution in [0.15, 0.2) is 48.7 Å². The average Bonchev–Trinajstić information content (AvgIpc) is 3.18. The van der Waals surface area contributed by atoms with Gasteiger partial charge in [0.15, 0.2) is 0 Å². The number of carboxylic acid groups (broad SMARTS) is 1. The summed E-state index contributed by atoms with van der Waals surface area (Å²) in [5.41, 5.74) is 2.33. The van der Waals surface area contributed by atoms with E-state index in [1.807, 2.05) is 61.3 Å². The number of piperidine rings is 1. The zero-order valence-corrected chi connectivity index (χ0v) is 19.5. The van der Waals surface area contributed by atoms with Gasteiger partial charge in [0.2, 0.25) is 5.91 Å². The summed E-state index contributed by atoms with van der Waals surface area (Å²) in [4.78, 5) is 31.1. The molecule has 0 radical (unpaired) electrons. The van der Waals surface area contributed by atoms with Crippen LogP contribution in [-0.2, 0) is 9.59 Å². The third kappa shape index (κ3) is 5.02. The van der Waals surface area contributed by atoms with Crippen LogP contribution in [0.3, 0.4) is 0 Å². The Kier molecular flexibility index (Phi) is 6.40. The van der Waals surface area contributed by atoms with E-state index in [1.165, 1.54) is 0 Å². The van der Waals surface area contributed by atoms with Crippen molar-refractivity contribution in [3.63, 3.8) is 0 Å². The minimum Gasteiger partial charge on any atom is -0.497 e. The van der Waals surface area contributed by atoms with Gasteiger partial charge in [0.05, 0.1) is 24.7 Å². The number of aromatic nitrogens is 2. The van der Waals surface area contributed by atoms with E-state index in [9.17, 15) is 9.59 Å². The summed E-state index contributed by atoms with van der Waals surface area (Å²) in [5.74, 6) is 0.980. The molecule has 3 heterocycles. The predicted molar refractivity (Wildman–Crippen MR) is 126 cm³/mol. The van der Waals surface area contributed by atoms with Gasteiger partial charge in [0.25, 0.3) is 0 Å². The number of fused-ring (bicyclic) bond motifs is 1. The number of hydrogen-bond donors (Lipinski definition) is 1. The number of imidazole rings is 1. The van der Waals surface area contributed by atoms with Gasteiger partial charge in [-0.25, -0.2) is 4.98 Å². The van der Waals surface area contributed by atoms with E-state index in [-0.39, 0.29) is 24.7 Å². The normalized spacial score (nSPS) is 16.7. The molecule has 7 nitrogen and oxygen atoms in total. The molecule has 2 aromatic heterocycles. The van der Waals surface area contributed by atoms with Gasteiger partial charge >= 0.3 is 5.97 Å². The van der Waals surface area contributed by atoms with Gasteiger partial charge in [-0.3, -0.25) is 9.59 Å². The summed E-state index contributed by atoms with van der Waals surface area (Å²) in [6.07, 6.45) is 4.08. The number of methoxy groups -OCH3 is 1. The highest BCUT2D eigenvalue weighted by atomic mass is 16.5. The number of carbonyl (C=O) groups is 2. The Balaban J connectivity index is 1.61. The van der Waals surface area contributed by atoms with E-state index >= 15 is 0 Å². The second kappa shape index (κ2) is 9.25.